The Morgan fingerprint density at radius 3 is 2.50 bits per heavy atom. The smallest absolute Gasteiger partial charge is 0.300 e. The van der Waals surface area contributed by atoms with Crippen molar-refractivity contribution in [2.24, 2.45) is 0 Å². The molecule has 174 valence electrons. The standard InChI is InChI=1S/C26H21ClFNO5/c1-3-34-21-13-16(9-12-20(21)27)24(30)22-23(15-7-10-17(28)11-8-15)29(26(32)25(22)31)18-5-4-6-19(14-18)33-2/h4-14,23,30H,3H2,1-2H3/b24-22+. The maximum atomic E-state index is 13.7. The van der Waals surface area contributed by atoms with Gasteiger partial charge in [-0.1, -0.05) is 29.8 Å². The van der Waals surface area contributed by atoms with E-state index in [-0.39, 0.29) is 11.1 Å². The Kier molecular flexibility index (Phi) is 6.56. The third kappa shape index (κ3) is 4.22. The highest BCUT2D eigenvalue weighted by Gasteiger charge is 2.47. The molecule has 4 rings (SSSR count). The van der Waals surface area contributed by atoms with Crippen LogP contribution in [-0.2, 0) is 9.59 Å². The molecule has 3 aromatic carbocycles. The maximum Gasteiger partial charge on any atom is 0.300 e. The first-order valence-electron chi connectivity index (χ1n) is 10.5. The average molecular weight is 482 g/mol. The van der Waals surface area contributed by atoms with Crippen molar-refractivity contribution in [2.45, 2.75) is 13.0 Å². The lowest BCUT2D eigenvalue weighted by Crippen LogP contribution is -2.29. The van der Waals surface area contributed by atoms with Gasteiger partial charge in [0.1, 0.15) is 23.1 Å². The molecule has 1 fully saturated rings. The first-order valence-corrected chi connectivity index (χ1v) is 10.9. The summed E-state index contributed by atoms with van der Waals surface area (Å²) in [4.78, 5) is 27.7. The Morgan fingerprint density at radius 1 is 1.09 bits per heavy atom. The molecule has 3 aromatic rings. The molecule has 0 saturated carbocycles. The number of hydrogen-bond acceptors (Lipinski definition) is 5. The van der Waals surface area contributed by atoms with Gasteiger partial charge < -0.3 is 14.6 Å². The minimum absolute atomic E-state index is 0.135. The van der Waals surface area contributed by atoms with E-state index >= 15 is 0 Å². The summed E-state index contributed by atoms with van der Waals surface area (Å²) in [5, 5.41) is 11.6. The summed E-state index contributed by atoms with van der Waals surface area (Å²) in [5.41, 5.74) is 0.956. The van der Waals surface area contributed by atoms with E-state index < -0.39 is 29.3 Å². The third-order valence-corrected chi connectivity index (χ3v) is 5.78. The summed E-state index contributed by atoms with van der Waals surface area (Å²) in [6, 6.07) is 15.6. The zero-order chi connectivity index (χ0) is 24.4. The zero-order valence-corrected chi connectivity index (χ0v) is 19.2. The number of methoxy groups -OCH3 is 1. The first kappa shape index (κ1) is 23.3. The normalized spacial score (nSPS) is 17.2. The number of Topliss-reactive ketones (excluding diaryl/α,β-unsaturated/α-hetero) is 1. The Balaban J connectivity index is 1.93. The molecular weight excluding hydrogens is 461 g/mol. The summed E-state index contributed by atoms with van der Waals surface area (Å²) >= 11 is 6.16. The third-order valence-electron chi connectivity index (χ3n) is 5.47. The summed E-state index contributed by atoms with van der Waals surface area (Å²) in [5.74, 6) is -1.76. The molecule has 1 saturated heterocycles. The number of hydrogen-bond donors (Lipinski definition) is 1. The van der Waals surface area contributed by atoms with Crippen LogP contribution in [-0.4, -0.2) is 30.5 Å². The van der Waals surface area contributed by atoms with Crippen LogP contribution in [0.25, 0.3) is 5.76 Å². The van der Waals surface area contributed by atoms with Crippen molar-refractivity contribution in [1.82, 2.24) is 0 Å². The number of aliphatic hydroxyl groups is 1. The van der Waals surface area contributed by atoms with Crippen LogP contribution in [0.5, 0.6) is 11.5 Å². The molecular formula is C26H21ClFNO5. The fourth-order valence-corrected chi connectivity index (χ4v) is 4.06. The Morgan fingerprint density at radius 2 is 1.82 bits per heavy atom. The lowest BCUT2D eigenvalue weighted by Gasteiger charge is -2.25. The number of ketones is 1. The topological polar surface area (TPSA) is 76.1 Å². The number of anilines is 1. The van der Waals surface area contributed by atoms with Crippen molar-refractivity contribution >= 4 is 34.7 Å². The molecule has 0 radical (unpaired) electrons. The van der Waals surface area contributed by atoms with E-state index in [0.717, 1.165) is 0 Å². The second-order valence-corrected chi connectivity index (χ2v) is 7.91. The number of carbonyl (C=O) groups excluding carboxylic acids is 2. The molecule has 0 aromatic heterocycles. The summed E-state index contributed by atoms with van der Waals surface area (Å²) in [6.07, 6.45) is 0. The number of aliphatic hydroxyl groups excluding tert-OH is 1. The molecule has 8 heteroatoms. The highest BCUT2D eigenvalue weighted by molar-refractivity contribution is 6.51. The van der Waals surface area contributed by atoms with Crippen LogP contribution in [0.2, 0.25) is 5.02 Å². The van der Waals surface area contributed by atoms with Gasteiger partial charge in [-0.25, -0.2) is 4.39 Å². The van der Waals surface area contributed by atoms with Gasteiger partial charge in [-0.05, 0) is 55.0 Å². The van der Waals surface area contributed by atoms with Gasteiger partial charge in [-0.15, -0.1) is 0 Å². The average Bonchev–Trinajstić information content (AvgIpc) is 3.11. The SMILES string of the molecule is CCOc1cc(/C(O)=C2\C(=O)C(=O)N(c3cccc(OC)c3)C2c2ccc(F)cc2)ccc1Cl. The van der Waals surface area contributed by atoms with E-state index in [0.29, 0.717) is 34.4 Å². The number of benzene rings is 3. The van der Waals surface area contributed by atoms with Crippen LogP contribution >= 0.6 is 11.6 Å². The summed E-state index contributed by atoms with van der Waals surface area (Å²) < 4.78 is 24.4. The van der Waals surface area contributed by atoms with Crippen LogP contribution in [0.3, 0.4) is 0 Å². The molecule has 1 aliphatic heterocycles. The van der Waals surface area contributed by atoms with Crippen LogP contribution in [0.4, 0.5) is 10.1 Å². The number of amides is 1. The van der Waals surface area contributed by atoms with Gasteiger partial charge in [-0.2, -0.15) is 0 Å². The van der Waals surface area contributed by atoms with Gasteiger partial charge in [0, 0.05) is 17.3 Å². The molecule has 1 atom stereocenters. The van der Waals surface area contributed by atoms with Crippen molar-refractivity contribution in [2.75, 3.05) is 18.6 Å². The fraction of sp³-hybridized carbons (Fsp3) is 0.154. The molecule has 1 N–H and O–H groups in total. The van der Waals surface area contributed by atoms with Crippen LogP contribution in [0, 0.1) is 5.82 Å². The molecule has 1 heterocycles. The number of carbonyl (C=O) groups is 2. The molecule has 34 heavy (non-hydrogen) atoms. The minimum Gasteiger partial charge on any atom is -0.507 e. The zero-order valence-electron chi connectivity index (χ0n) is 18.4. The quantitative estimate of drug-likeness (QED) is 0.285. The Hall–Kier alpha value is -3.84. The minimum atomic E-state index is -1.00. The van der Waals surface area contributed by atoms with Crippen molar-refractivity contribution in [3.63, 3.8) is 0 Å². The molecule has 0 aliphatic carbocycles. The van der Waals surface area contributed by atoms with Crippen LogP contribution in [0.15, 0.2) is 72.3 Å². The Labute approximate surface area is 200 Å². The molecule has 1 amide bonds. The van der Waals surface area contributed by atoms with E-state index in [1.54, 1.807) is 31.2 Å². The van der Waals surface area contributed by atoms with E-state index in [4.69, 9.17) is 21.1 Å². The van der Waals surface area contributed by atoms with Crippen molar-refractivity contribution in [1.29, 1.82) is 0 Å². The molecule has 0 spiro atoms. The largest absolute Gasteiger partial charge is 0.507 e. The molecule has 1 aliphatic rings. The van der Waals surface area contributed by atoms with Gasteiger partial charge in [0.25, 0.3) is 11.7 Å². The monoisotopic (exact) mass is 481 g/mol. The van der Waals surface area contributed by atoms with Gasteiger partial charge in [0.05, 0.1) is 30.4 Å². The molecule has 6 nitrogen and oxygen atoms in total. The lowest BCUT2D eigenvalue weighted by atomic mass is 9.95. The molecule has 1 unspecified atom stereocenters. The van der Waals surface area contributed by atoms with Gasteiger partial charge >= 0.3 is 0 Å². The lowest BCUT2D eigenvalue weighted by molar-refractivity contribution is -0.132. The van der Waals surface area contributed by atoms with Crippen LogP contribution < -0.4 is 14.4 Å². The van der Waals surface area contributed by atoms with E-state index in [9.17, 15) is 19.1 Å². The number of halogens is 2. The first-order chi connectivity index (χ1) is 16.3. The highest BCUT2D eigenvalue weighted by Crippen LogP contribution is 2.43. The fourth-order valence-electron chi connectivity index (χ4n) is 3.89. The summed E-state index contributed by atoms with van der Waals surface area (Å²) in [7, 11) is 1.49. The van der Waals surface area contributed by atoms with E-state index in [1.807, 2.05) is 0 Å². The second kappa shape index (κ2) is 9.57. The van der Waals surface area contributed by atoms with Gasteiger partial charge in [0.15, 0.2) is 0 Å². The molecule has 0 bridgehead atoms. The van der Waals surface area contributed by atoms with Crippen LogP contribution in [0.1, 0.15) is 24.1 Å². The number of rotatable bonds is 6. The highest BCUT2D eigenvalue weighted by atomic mass is 35.5. The van der Waals surface area contributed by atoms with Gasteiger partial charge in [0.2, 0.25) is 0 Å². The Bertz CT molecular complexity index is 1290. The van der Waals surface area contributed by atoms with E-state index in [2.05, 4.69) is 0 Å². The maximum absolute atomic E-state index is 13.7. The summed E-state index contributed by atoms with van der Waals surface area (Å²) in [6.45, 7) is 2.14. The van der Waals surface area contributed by atoms with Gasteiger partial charge in [-0.3, -0.25) is 14.5 Å². The number of nitrogens with zero attached hydrogens (tertiary/aromatic N) is 1. The second-order valence-electron chi connectivity index (χ2n) is 7.50. The van der Waals surface area contributed by atoms with Crippen molar-refractivity contribution in [3.05, 3.63) is 94.3 Å². The van der Waals surface area contributed by atoms with Crippen molar-refractivity contribution < 1.29 is 28.6 Å². The predicted octanol–water partition coefficient (Wildman–Crippen LogP) is 5.51. The van der Waals surface area contributed by atoms with E-state index in [1.165, 1.54) is 54.5 Å². The number of ether oxygens (including phenoxy) is 2. The predicted molar refractivity (Wildman–Crippen MR) is 127 cm³/mol. The van der Waals surface area contributed by atoms with Crippen molar-refractivity contribution in [3.8, 4) is 11.5 Å².